The number of rotatable bonds is 6. The van der Waals surface area contributed by atoms with Crippen LogP contribution in [0.5, 0.6) is 0 Å². The molecule has 2 heteroatoms. The van der Waals surface area contributed by atoms with E-state index in [1.165, 1.54) is 30.4 Å². The summed E-state index contributed by atoms with van der Waals surface area (Å²) in [7, 11) is 2.23. The van der Waals surface area contributed by atoms with Gasteiger partial charge >= 0.3 is 0 Å². The van der Waals surface area contributed by atoms with Gasteiger partial charge in [-0.05, 0) is 49.8 Å². The number of hydrogen-bond acceptors (Lipinski definition) is 2. The smallest absolute Gasteiger partial charge is 0.0375 e. The van der Waals surface area contributed by atoms with Crippen molar-refractivity contribution in [3.8, 4) is 0 Å². The molecule has 21 heavy (non-hydrogen) atoms. The Hall–Kier alpha value is -0.860. The van der Waals surface area contributed by atoms with Gasteiger partial charge in [0.25, 0.3) is 0 Å². The fourth-order valence-electron chi connectivity index (χ4n) is 3.37. The lowest BCUT2D eigenvalue weighted by Crippen LogP contribution is -2.42. The van der Waals surface area contributed by atoms with Crippen molar-refractivity contribution in [2.24, 2.45) is 5.41 Å². The second-order valence-electron chi connectivity index (χ2n) is 7.31. The highest BCUT2D eigenvalue weighted by Gasteiger charge is 2.35. The van der Waals surface area contributed by atoms with Gasteiger partial charge in [0.05, 0.1) is 0 Å². The molecule has 1 N–H and O–H groups in total. The van der Waals surface area contributed by atoms with Crippen LogP contribution >= 0.6 is 0 Å². The van der Waals surface area contributed by atoms with E-state index in [-0.39, 0.29) is 0 Å². The molecule has 0 amide bonds. The summed E-state index contributed by atoms with van der Waals surface area (Å²) in [6, 6.07) is 10.1. The minimum Gasteiger partial charge on any atom is -0.308 e. The number of fused-ring (bicyclic) bond motifs is 1. The fourth-order valence-corrected chi connectivity index (χ4v) is 3.37. The highest BCUT2D eigenvalue weighted by molar-refractivity contribution is 5.34. The summed E-state index contributed by atoms with van der Waals surface area (Å²) in [5.74, 6) is 0. The molecular formula is C19H32N2. The number of hydrogen-bond donors (Lipinski definition) is 1. The monoisotopic (exact) mass is 288 g/mol. The van der Waals surface area contributed by atoms with Crippen LogP contribution in [0.15, 0.2) is 24.3 Å². The molecule has 0 aromatic heterocycles. The highest BCUT2D eigenvalue weighted by atomic mass is 15.1. The summed E-state index contributed by atoms with van der Waals surface area (Å²) in [6.45, 7) is 11.5. The Bertz CT molecular complexity index is 453. The first-order valence-electron chi connectivity index (χ1n) is 8.47. The summed E-state index contributed by atoms with van der Waals surface area (Å²) in [6.07, 6.45) is 3.70. The van der Waals surface area contributed by atoms with Crippen LogP contribution in [-0.4, -0.2) is 31.1 Å². The number of aryl methyl sites for hydroxylation is 1. The zero-order valence-corrected chi connectivity index (χ0v) is 14.4. The van der Waals surface area contributed by atoms with E-state index in [0.717, 1.165) is 13.1 Å². The molecule has 1 aromatic rings. The van der Waals surface area contributed by atoms with E-state index in [9.17, 15) is 0 Å². The zero-order valence-electron chi connectivity index (χ0n) is 14.4. The van der Waals surface area contributed by atoms with E-state index >= 15 is 0 Å². The second-order valence-corrected chi connectivity index (χ2v) is 7.31. The Labute approximate surface area is 130 Å². The van der Waals surface area contributed by atoms with Gasteiger partial charge in [0.2, 0.25) is 0 Å². The van der Waals surface area contributed by atoms with Crippen LogP contribution in [0.4, 0.5) is 0 Å². The largest absolute Gasteiger partial charge is 0.308 e. The third kappa shape index (κ3) is 3.87. The zero-order chi connectivity index (χ0) is 15.5. The molecule has 2 nitrogen and oxygen atoms in total. The van der Waals surface area contributed by atoms with Gasteiger partial charge in [0, 0.05) is 25.2 Å². The van der Waals surface area contributed by atoms with Crippen LogP contribution in [0.2, 0.25) is 0 Å². The molecule has 0 saturated heterocycles. The van der Waals surface area contributed by atoms with Gasteiger partial charge in [-0.2, -0.15) is 0 Å². The van der Waals surface area contributed by atoms with Crippen LogP contribution in [-0.2, 0) is 6.42 Å². The lowest BCUT2D eigenvalue weighted by molar-refractivity contribution is 0.192. The van der Waals surface area contributed by atoms with E-state index in [1.54, 1.807) is 0 Å². The highest BCUT2D eigenvalue weighted by Crippen LogP contribution is 2.43. The van der Waals surface area contributed by atoms with E-state index in [2.05, 4.69) is 69.2 Å². The number of nitrogens with zero attached hydrogens (tertiary/aromatic N) is 1. The minimum atomic E-state index is 0.337. The lowest BCUT2D eigenvalue weighted by atomic mass is 9.70. The molecule has 0 saturated carbocycles. The molecule has 1 aromatic carbocycles. The van der Waals surface area contributed by atoms with Gasteiger partial charge in [-0.15, -0.1) is 0 Å². The summed E-state index contributed by atoms with van der Waals surface area (Å²) in [5.41, 5.74) is 3.38. The summed E-state index contributed by atoms with van der Waals surface area (Å²) >= 11 is 0. The van der Waals surface area contributed by atoms with Gasteiger partial charge in [-0.25, -0.2) is 0 Å². The third-order valence-electron chi connectivity index (χ3n) is 5.34. The van der Waals surface area contributed by atoms with Gasteiger partial charge in [0.15, 0.2) is 0 Å². The standard InChI is InChI=1S/C19H32N2/c1-6-15(2)21(5)14-13-20-18-17-10-8-7-9-16(17)11-12-19(18,3)4/h7-10,15,18,20H,6,11-14H2,1-5H3. The molecule has 0 spiro atoms. The van der Waals surface area contributed by atoms with Crippen LogP contribution in [0.1, 0.15) is 57.7 Å². The molecule has 2 atom stereocenters. The molecule has 0 heterocycles. The molecular weight excluding hydrogens is 256 g/mol. The maximum Gasteiger partial charge on any atom is 0.0375 e. The van der Waals surface area contributed by atoms with E-state index in [1.807, 2.05) is 0 Å². The SMILES string of the molecule is CCC(C)N(C)CCNC1c2ccccc2CCC1(C)C. The van der Waals surface area contributed by atoms with Crippen molar-refractivity contribution in [3.63, 3.8) is 0 Å². The first-order chi connectivity index (χ1) is 9.95. The Morgan fingerprint density at radius 2 is 2.05 bits per heavy atom. The van der Waals surface area contributed by atoms with Gasteiger partial charge in [-0.3, -0.25) is 0 Å². The lowest BCUT2D eigenvalue weighted by Gasteiger charge is -2.41. The predicted octanol–water partition coefficient (Wildman–Crippen LogP) is 4.02. The van der Waals surface area contributed by atoms with Crippen molar-refractivity contribution in [3.05, 3.63) is 35.4 Å². The minimum absolute atomic E-state index is 0.337. The van der Waals surface area contributed by atoms with Crippen molar-refractivity contribution in [1.82, 2.24) is 10.2 Å². The number of likely N-dealkylation sites (N-methyl/N-ethyl adjacent to an activating group) is 1. The average molecular weight is 288 g/mol. The average Bonchev–Trinajstić information content (AvgIpc) is 2.48. The fraction of sp³-hybridized carbons (Fsp3) is 0.684. The van der Waals surface area contributed by atoms with Crippen molar-refractivity contribution in [1.29, 1.82) is 0 Å². The summed E-state index contributed by atoms with van der Waals surface area (Å²) in [4.78, 5) is 2.45. The quantitative estimate of drug-likeness (QED) is 0.850. The molecule has 1 aliphatic carbocycles. The molecule has 2 unspecified atom stereocenters. The van der Waals surface area contributed by atoms with Crippen molar-refractivity contribution in [2.75, 3.05) is 20.1 Å². The topological polar surface area (TPSA) is 15.3 Å². The normalized spacial score (nSPS) is 22.1. The molecule has 0 fully saturated rings. The Morgan fingerprint density at radius 3 is 2.76 bits per heavy atom. The summed E-state index contributed by atoms with van der Waals surface area (Å²) in [5, 5.41) is 3.84. The molecule has 0 radical (unpaired) electrons. The molecule has 0 bridgehead atoms. The van der Waals surface area contributed by atoms with Crippen molar-refractivity contribution < 1.29 is 0 Å². The Kier molecular flexibility index (Phi) is 5.45. The predicted molar refractivity (Wildman–Crippen MR) is 91.7 cm³/mol. The molecule has 0 aliphatic heterocycles. The molecule has 2 rings (SSSR count). The van der Waals surface area contributed by atoms with E-state index in [4.69, 9.17) is 0 Å². The van der Waals surface area contributed by atoms with Gasteiger partial charge in [-0.1, -0.05) is 45.0 Å². The van der Waals surface area contributed by atoms with Crippen LogP contribution < -0.4 is 5.32 Å². The van der Waals surface area contributed by atoms with Crippen LogP contribution in [0.3, 0.4) is 0 Å². The van der Waals surface area contributed by atoms with E-state index in [0.29, 0.717) is 17.5 Å². The third-order valence-corrected chi connectivity index (χ3v) is 5.34. The Balaban J connectivity index is 2.01. The number of benzene rings is 1. The van der Waals surface area contributed by atoms with Crippen LogP contribution in [0, 0.1) is 5.41 Å². The number of nitrogens with one attached hydrogen (secondary N) is 1. The van der Waals surface area contributed by atoms with E-state index < -0.39 is 0 Å². The van der Waals surface area contributed by atoms with Crippen LogP contribution in [0.25, 0.3) is 0 Å². The maximum atomic E-state index is 3.84. The van der Waals surface area contributed by atoms with Crippen molar-refractivity contribution >= 4 is 0 Å². The van der Waals surface area contributed by atoms with Gasteiger partial charge in [0.1, 0.15) is 0 Å². The summed E-state index contributed by atoms with van der Waals surface area (Å²) < 4.78 is 0. The molecule has 118 valence electrons. The first kappa shape index (κ1) is 16.5. The van der Waals surface area contributed by atoms with Gasteiger partial charge < -0.3 is 10.2 Å². The first-order valence-corrected chi connectivity index (χ1v) is 8.47. The Morgan fingerprint density at radius 1 is 1.33 bits per heavy atom. The maximum absolute atomic E-state index is 3.84. The molecule has 1 aliphatic rings. The van der Waals surface area contributed by atoms with Crippen molar-refractivity contribution in [2.45, 2.75) is 59.0 Å². The second kappa shape index (κ2) is 6.93.